The van der Waals surface area contributed by atoms with Crippen molar-refractivity contribution in [3.05, 3.63) is 24.4 Å². The van der Waals surface area contributed by atoms with Gasteiger partial charge in [-0.25, -0.2) is 0 Å². The lowest BCUT2D eigenvalue weighted by Gasteiger charge is -2.19. The normalized spacial score (nSPS) is 11.4. The van der Waals surface area contributed by atoms with E-state index in [9.17, 15) is 19.2 Å². The minimum atomic E-state index is -0.830. The summed E-state index contributed by atoms with van der Waals surface area (Å²) < 4.78 is 0. The Hall–Kier alpha value is -2.68. The van der Waals surface area contributed by atoms with E-state index in [1.54, 1.807) is 6.92 Å². The maximum Gasteiger partial charge on any atom is 0.242 e. The van der Waals surface area contributed by atoms with Crippen molar-refractivity contribution in [2.45, 2.75) is 71.9 Å². The third-order valence-corrected chi connectivity index (χ3v) is 4.45. The molecule has 182 valence electrons. The first kappa shape index (κ1) is 29.3. The van der Waals surface area contributed by atoms with Gasteiger partial charge in [0.25, 0.3) is 0 Å². The van der Waals surface area contributed by atoms with E-state index >= 15 is 0 Å². The highest BCUT2D eigenvalue weighted by atomic mass is 16.2. The van der Waals surface area contributed by atoms with Gasteiger partial charge in [-0.15, -0.1) is 0 Å². The molecular weight excluding hydrogens is 410 g/mol. The zero-order valence-corrected chi connectivity index (χ0v) is 20.1. The summed E-state index contributed by atoms with van der Waals surface area (Å²) in [4.78, 5) is 48.6. The maximum atomic E-state index is 12.6. The Morgan fingerprint density at radius 1 is 0.781 bits per heavy atom. The summed E-state index contributed by atoms with van der Waals surface area (Å²) in [5.41, 5.74) is 1.25. The molecule has 0 saturated carbocycles. The predicted molar refractivity (Wildman–Crippen MR) is 127 cm³/mol. The molecule has 0 spiro atoms. The van der Waals surface area contributed by atoms with Gasteiger partial charge in [-0.2, -0.15) is 0 Å². The van der Waals surface area contributed by atoms with Crippen LogP contribution >= 0.6 is 0 Å². The van der Waals surface area contributed by atoms with Crippen LogP contribution in [0.2, 0.25) is 0 Å². The first-order chi connectivity index (χ1) is 15.0. The van der Waals surface area contributed by atoms with Gasteiger partial charge in [-0.1, -0.05) is 27.0 Å². The Kier molecular flexibility index (Phi) is 15.5. The highest BCUT2D eigenvalue weighted by Gasteiger charge is 2.21. The van der Waals surface area contributed by atoms with E-state index in [0.29, 0.717) is 44.2 Å². The summed E-state index contributed by atoms with van der Waals surface area (Å²) >= 11 is 0. The fourth-order valence-electron chi connectivity index (χ4n) is 2.67. The van der Waals surface area contributed by atoms with E-state index in [1.807, 2.05) is 20.8 Å². The summed E-state index contributed by atoms with van der Waals surface area (Å²) in [7, 11) is 0. The summed E-state index contributed by atoms with van der Waals surface area (Å²) in [5, 5.41) is 14.5. The largest absolute Gasteiger partial charge is 0.387 e. The van der Waals surface area contributed by atoms with E-state index in [-0.39, 0.29) is 49.2 Å². The van der Waals surface area contributed by atoms with Crippen molar-refractivity contribution >= 4 is 23.5 Å². The van der Waals surface area contributed by atoms with Crippen molar-refractivity contribution < 1.29 is 19.2 Å². The molecule has 0 heterocycles. The number of Topliss-reactive ketones (excluding diaryl/α,β-unsaturated/α-hetero) is 1. The molecule has 0 aromatic heterocycles. The van der Waals surface area contributed by atoms with Crippen molar-refractivity contribution in [2.75, 3.05) is 26.2 Å². The monoisotopic (exact) mass is 451 g/mol. The van der Waals surface area contributed by atoms with Crippen LogP contribution < -0.4 is 26.6 Å². The van der Waals surface area contributed by atoms with Gasteiger partial charge >= 0.3 is 0 Å². The zero-order chi connectivity index (χ0) is 24.5. The number of carbonyl (C=O) groups excluding carboxylic acids is 4. The minimum Gasteiger partial charge on any atom is -0.387 e. The van der Waals surface area contributed by atoms with Crippen LogP contribution in [-0.2, 0) is 19.2 Å². The van der Waals surface area contributed by atoms with Crippen LogP contribution in [-0.4, -0.2) is 61.8 Å². The van der Waals surface area contributed by atoms with Crippen LogP contribution in [0.4, 0.5) is 0 Å². The van der Waals surface area contributed by atoms with Crippen molar-refractivity contribution in [1.82, 2.24) is 26.6 Å². The number of amides is 3. The van der Waals surface area contributed by atoms with Gasteiger partial charge < -0.3 is 26.6 Å². The van der Waals surface area contributed by atoms with Crippen LogP contribution in [0.1, 0.15) is 59.8 Å². The second kappa shape index (κ2) is 16.9. The van der Waals surface area contributed by atoms with Crippen molar-refractivity contribution in [3.8, 4) is 0 Å². The van der Waals surface area contributed by atoms with Gasteiger partial charge in [0.1, 0.15) is 6.04 Å². The fraction of sp³-hybridized carbons (Fsp3) is 0.652. The van der Waals surface area contributed by atoms with Gasteiger partial charge in [-0.05, 0) is 32.3 Å². The molecule has 9 nitrogen and oxygen atoms in total. The number of carbonyl (C=O) groups is 4. The Bertz CT molecular complexity index is 661. The molecule has 1 atom stereocenters. The Balaban J connectivity index is 4.63. The van der Waals surface area contributed by atoms with Crippen molar-refractivity contribution in [1.29, 1.82) is 0 Å². The number of hydrogen-bond donors (Lipinski definition) is 5. The zero-order valence-electron chi connectivity index (χ0n) is 20.1. The van der Waals surface area contributed by atoms with Crippen molar-refractivity contribution in [2.24, 2.45) is 0 Å². The van der Waals surface area contributed by atoms with Crippen LogP contribution in [0.25, 0.3) is 0 Å². The van der Waals surface area contributed by atoms with Crippen LogP contribution in [0.15, 0.2) is 24.4 Å². The van der Waals surface area contributed by atoms with Crippen LogP contribution in [0.5, 0.6) is 0 Å². The van der Waals surface area contributed by atoms with Gasteiger partial charge in [-0.3, -0.25) is 19.2 Å². The molecule has 0 rings (SSSR count). The second-order valence-corrected chi connectivity index (χ2v) is 8.17. The number of hydrogen-bond acceptors (Lipinski definition) is 6. The lowest BCUT2D eigenvalue weighted by Crippen LogP contribution is -2.48. The SMILES string of the molecule is C=C(C)NCCNC(=O)C(CCC(=O)NCCNC(C)C)NC(=O)CCCC(=O)C(=C)C. The molecule has 9 heteroatoms. The quantitative estimate of drug-likeness (QED) is 0.156. The Morgan fingerprint density at radius 3 is 2.00 bits per heavy atom. The molecule has 0 bridgehead atoms. The highest BCUT2D eigenvalue weighted by Crippen LogP contribution is 2.04. The molecule has 0 aliphatic carbocycles. The van der Waals surface area contributed by atoms with Crippen LogP contribution in [0.3, 0.4) is 0 Å². The minimum absolute atomic E-state index is 0.0827. The second-order valence-electron chi connectivity index (χ2n) is 8.17. The lowest BCUT2D eigenvalue weighted by molar-refractivity contribution is -0.130. The molecule has 1 unspecified atom stereocenters. The van der Waals surface area contributed by atoms with Gasteiger partial charge in [0.15, 0.2) is 5.78 Å². The van der Waals surface area contributed by atoms with Crippen LogP contribution in [0, 0.1) is 0 Å². The Labute approximate surface area is 192 Å². The number of ketones is 1. The van der Waals surface area contributed by atoms with E-state index < -0.39 is 6.04 Å². The van der Waals surface area contributed by atoms with Gasteiger partial charge in [0, 0.05) is 57.2 Å². The van der Waals surface area contributed by atoms with Gasteiger partial charge in [0.05, 0.1) is 0 Å². The summed E-state index contributed by atoms with van der Waals surface area (Å²) in [5.74, 6) is -0.949. The first-order valence-corrected chi connectivity index (χ1v) is 11.2. The van der Waals surface area contributed by atoms with Gasteiger partial charge in [0.2, 0.25) is 17.7 Å². The van der Waals surface area contributed by atoms with E-state index in [4.69, 9.17) is 0 Å². The average molecular weight is 452 g/mol. The molecule has 0 aromatic carbocycles. The lowest BCUT2D eigenvalue weighted by atomic mass is 10.1. The number of rotatable bonds is 18. The van der Waals surface area contributed by atoms with E-state index in [2.05, 4.69) is 39.7 Å². The standard InChI is InChI=1S/C23H41N5O4/c1-16(2)20(29)8-7-9-22(31)28-19(23(32)27-15-13-25-18(5)6)10-11-21(30)26-14-12-24-17(3)4/h17,19,24-25H,1,5,7-15H2,2-4,6H3,(H,26,30)(H,27,32)(H,28,31). The molecule has 0 aliphatic heterocycles. The topological polar surface area (TPSA) is 128 Å². The van der Waals surface area contributed by atoms with Crippen molar-refractivity contribution in [3.63, 3.8) is 0 Å². The summed E-state index contributed by atoms with van der Waals surface area (Å²) in [6.45, 7) is 16.8. The number of allylic oxidation sites excluding steroid dienone is 2. The predicted octanol–water partition coefficient (Wildman–Crippen LogP) is 0.921. The number of nitrogens with one attached hydrogen (secondary N) is 5. The third-order valence-electron chi connectivity index (χ3n) is 4.45. The van der Waals surface area contributed by atoms with E-state index in [1.165, 1.54) is 0 Å². The summed E-state index contributed by atoms with van der Waals surface area (Å²) in [6.07, 6.45) is 1.02. The maximum absolute atomic E-state index is 12.6. The molecule has 0 aromatic rings. The smallest absolute Gasteiger partial charge is 0.242 e. The first-order valence-electron chi connectivity index (χ1n) is 11.2. The molecule has 3 amide bonds. The molecule has 0 radical (unpaired) electrons. The molecular formula is C23H41N5O4. The molecule has 32 heavy (non-hydrogen) atoms. The molecule has 0 fully saturated rings. The highest BCUT2D eigenvalue weighted by molar-refractivity contribution is 5.94. The van der Waals surface area contributed by atoms with E-state index in [0.717, 1.165) is 5.70 Å². The average Bonchev–Trinajstić information content (AvgIpc) is 2.70. The molecule has 0 saturated heterocycles. The Morgan fingerprint density at radius 2 is 1.41 bits per heavy atom. The summed E-state index contributed by atoms with van der Waals surface area (Å²) in [6, 6.07) is -0.496. The third kappa shape index (κ3) is 16.1. The molecule has 5 N–H and O–H groups in total. The molecule has 0 aliphatic rings. The fourth-order valence-corrected chi connectivity index (χ4v) is 2.67.